The topological polar surface area (TPSA) is 0 Å². The fourth-order valence-corrected chi connectivity index (χ4v) is 0. The normalized spacial score (nSPS) is 0. The first-order chi connectivity index (χ1) is 0. The molecule has 4 heteroatoms. The monoisotopic (exact) mass is 150 g/mol. The second-order valence-corrected chi connectivity index (χ2v) is 0. The Hall–Kier alpha value is 3.10. The molecule has 0 saturated carbocycles. The van der Waals surface area contributed by atoms with Gasteiger partial charge < -0.3 is 24.8 Å². The third-order valence-electron chi connectivity index (χ3n) is 0. The SMILES string of the molecule is [Ca+].[Ca+].[Cl-].[Cl-]. The van der Waals surface area contributed by atoms with Crippen LogP contribution in [0.1, 0.15) is 0 Å². The standard InChI is InChI=1S/2Ca.2ClH/h;;2*1H/q2*+1;;/p-2. The maximum Gasteiger partial charge on any atom is 1.00 e. The Morgan fingerprint density at radius 1 is 0.500 bits per heavy atom. The van der Waals surface area contributed by atoms with E-state index in [1.165, 1.54) is 0 Å². The van der Waals surface area contributed by atoms with Gasteiger partial charge in [0.05, 0.1) is 0 Å². The van der Waals surface area contributed by atoms with Gasteiger partial charge in [-0.2, -0.15) is 0 Å². The zero-order valence-electron chi connectivity index (χ0n) is 2.17. The fourth-order valence-electron chi connectivity index (χ4n) is 0. The third-order valence-corrected chi connectivity index (χ3v) is 0. The molecule has 0 saturated heterocycles. The van der Waals surface area contributed by atoms with Gasteiger partial charge in [-0.25, -0.2) is 0 Å². The molecule has 18 valence electrons. The quantitative estimate of drug-likeness (QED) is 0.302. The smallest absolute Gasteiger partial charge is 1.00 e. The molecule has 0 spiro atoms. The van der Waals surface area contributed by atoms with E-state index in [4.69, 9.17) is 0 Å². The molecule has 0 aromatic heterocycles. The zero-order chi connectivity index (χ0) is 0. The van der Waals surface area contributed by atoms with E-state index in [1.807, 2.05) is 0 Å². The summed E-state index contributed by atoms with van der Waals surface area (Å²) in [5.41, 5.74) is 0. The molecule has 0 aliphatic carbocycles. The summed E-state index contributed by atoms with van der Waals surface area (Å²) in [6, 6.07) is 0. The van der Waals surface area contributed by atoms with Gasteiger partial charge in [-0.05, 0) is 0 Å². The number of hydrogen-bond donors (Lipinski definition) is 0. The molecule has 4 heavy (non-hydrogen) atoms. The maximum atomic E-state index is 0. The van der Waals surface area contributed by atoms with Crippen LogP contribution in [0.15, 0.2) is 0 Å². The van der Waals surface area contributed by atoms with Gasteiger partial charge in [0.25, 0.3) is 0 Å². The second-order valence-electron chi connectivity index (χ2n) is 0. The van der Waals surface area contributed by atoms with Gasteiger partial charge >= 0.3 is 75.5 Å². The molecule has 0 bridgehead atoms. The van der Waals surface area contributed by atoms with Crippen LogP contribution in [-0.4, -0.2) is 75.5 Å². The molecule has 0 atom stereocenters. The molecule has 0 aromatic rings. The van der Waals surface area contributed by atoms with Crippen molar-refractivity contribution < 1.29 is 24.8 Å². The largest absolute Gasteiger partial charge is 1.00 e. The van der Waals surface area contributed by atoms with Crippen LogP contribution in [0.4, 0.5) is 0 Å². The molecule has 0 aliphatic rings. The van der Waals surface area contributed by atoms with E-state index < -0.39 is 0 Å². The molecule has 0 amide bonds. The molecule has 0 unspecified atom stereocenters. The van der Waals surface area contributed by atoms with Gasteiger partial charge in [0.15, 0.2) is 0 Å². The average Bonchev–Trinajstić information content (AvgIpc) is 0. The van der Waals surface area contributed by atoms with Gasteiger partial charge in [-0.15, -0.1) is 0 Å². The minimum Gasteiger partial charge on any atom is -1.00 e. The average molecular weight is 151 g/mol. The Morgan fingerprint density at radius 2 is 0.500 bits per heavy atom. The second kappa shape index (κ2) is 16.5. The molecular weight excluding hydrogens is 151 g/mol. The number of halogens is 2. The van der Waals surface area contributed by atoms with E-state index >= 15 is 0 Å². The van der Waals surface area contributed by atoms with Crippen molar-refractivity contribution in [2.75, 3.05) is 0 Å². The Morgan fingerprint density at radius 3 is 0.500 bits per heavy atom. The van der Waals surface area contributed by atoms with E-state index in [9.17, 15) is 0 Å². The van der Waals surface area contributed by atoms with Crippen LogP contribution in [0.2, 0.25) is 0 Å². The molecule has 0 rings (SSSR count). The van der Waals surface area contributed by atoms with Crippen LogP contribution in [0.25, 0.3) is 0 Å². The van der Waals surface area contributed by atoms with Gasteiger partial charge in [0.1, 0.15) is 0 Å². The van der Waals surface area contributed by atoms with Crippen molar-refractivity contribution in [3.05, 3.63) is 0 Å². The van der Waals surface area contributed by atoms with Crippen molar-refractivity contribution in [1.29, 1.82) is 0 Å². The third kappa shape index (κ3) is 8.92. The maximum absolute atomic E-state index is 0. The molecule has 0 heterocycles. The molecule has 0 aromatic carbocycles. The van der Waals surface area contributed by atoms with E-state index in [0.29, 0.717) is 0 Å². The summed E-state index contributed by atoms with van der Waals surface area (Å²) in [5, 5.41) is 0. The van der Waals surface area contributed by atoms with E-state index in [0.717, 1.165) is 0 Å². The predicted octanol–water partition coefficient (Wildman–Crippen LogP) is -6.75. The number of hydrogen-bond acceptors (Lipinski definition) is 0. The van der Waals surface area contributed by atoms with Gasteiger partial charge in [0.2, 0.25) is 0 Å². The molecule has 0 nitrogen and oxygen atoms in total. The van der Waals surface area contributed by atoms with Crippen LogP contribution in [0, 0.1) is 0 Å². The molecule has 0 fully saturated rings. The Bertz CT molecular complexity index is 4.00. The van der Waals surface area contributed by atoms with Gasteiger partial charge in [0, 0.05) is 0 Å². The van der Waals surface area contributed by atoms with E-state index in [1.54, 1.807) is 0 Å². The van der Waals surface area contributed by atoms with Crippen molar-refractivity contribution >= 4 is 75.5 Å². The van der Waals surface area contributed by atoms with E-state index in [2.05, 4.69) is 0 Å². The van der Waals surface area contributed by atoms with Crippen molar-refractivity contribution in [2.24, 2.45) is 0 Å². The van der Waals surface area contributed by atoms with E-state index in [-0.39, 0.29) is 100 Å². The minimum atomic E-state index is 0. The van der Waals surface area contributed by atoms with Crippen LogP contribution >= 0.6 is 0 Å². The Kier molecular flexibility index (Phi) is 113. The summed E-state index contributed by atoms with van der Waals surface area (Å²) >= 11 is 0. The summed E-state index contributed by atoms with van der Waals surface area (Å²) in [6.07, 6.45) is 0. The van der Waals surface area contributed by atoms with Crippen molar-refractivity contribution in [3.8, 4) is 0 Å². The molecular formula is Ca2Cl2. The number of rotatable bonds is 0. The summed E-state index contributed by atoms with van der Waals surface area (Å²) in [5.74, 6) is 0. The summed E-state index contributed by atoms with van der Waals surface area (Å²) < 4.78 is 0. The summed E-state index contributed by atoms with van der Waals surface area (Å²) in [7, 11) is 0. The van der Waals surface area contributed by atoms with Crippen LogP contribution < -0.4 is 24.8 Å². The molecule has 2 radical (unpaired) electrons. The predicted molar refractivity (Wildman–Crippen MR) is 11.5 cm³/mol. The Balaban J connectivity index is 0. The van der Waals surface area contributed by atoms with Crippen molar-refractivity contribution in [1.82, 2.24) is 0 Å². The minimum absolute atomic E-state index is 0. The zero-order valence-corrected chi connectivity index (χ0v) is 8.10. The first-order valence-electron chi connectivity index (χ1n) is 0. The van der Waals surface area contributed by atoms with Crippen LogP contribution in [0.5, 0.6) is 0 Å². The summed E-state index contributed by atoms with van der Waals surface area (Å²) in [6.45, 7) is 0. The first-order valence-corrected chi connectivity index (χ1v) is 0. The van der Waals surface area contributed by atoms with Crippen molar-refractivity contribution in [3.63, 3.8) is 0 Å². The molecule has 0 aliphatic heterocycles. The van der Waals surface area contributed by atoms with Gasteiger partial charge in [-0.3, -0.25) is 0 Å². The van der Waals surface area contributed by atoms with Crippen LogP contribution in [-0.2, 0) is 0 Å². The molecule has 0 N–H and O–H groups in total. The van der Waals surface area contributed by atoms with Crippen molar-refractivity contribution in [2.45, 2.75) is 0 Å². The fraction of sp³-hybridized carbons (Fsp3) is 0. The van der Waals surface area contributed by atoms with Gasteiger partial charge in [-0.1, -0.05) is 0 Å². The summed E-state index contributed by atoms with van der Waals surface area (Å²) in [4.78, 5) is 0. The first kappa shape index (κ1) is 27.5. The van der Waals surface area contributed by atoms with Crippen LogP contribution in [0.3, 0.4) is 0 Å². The Labute approximate surface area is 97.9 Å².